The van der Waals surface area contributed by atoms with E-state index in [0.717, 1.165) is 5.56 Å². The van der Waals surface area contributed by atoms with Gasteiger partial charge in [0.1, 0.15) is 12.7 Å². The lowest BCUT2D eigenvalue weighted by molar-refractivity contribution is 0.0522. The van der Waals surface area contributed by atoms with Crippen LogP contribution in [0.5, 0.6) is 11.5 Å². The third kappa shape index (κ3) is 4.18. The summed E-state index contributed by atoms with van der Waals surface area (Å²) in [7, 11) is 1.85. The van der Waals surface area contributed by atoms with Crippen molar-refractivity contribution < 1.29 is 19.7 Å². The maximum atomic E-state index is 9.33. The second-order valence-corrected chi connectivity index (χ2v) is 3.86. The van der Waals surface area contributed by atoms with Gasteiger partial charge in [-0.15, -0.1) is 0 Å². The second-order valence-electron chi connectivity index (χ2n) is 3.86. The zero-order valence-electron chi connectivity index (χ0n) is 10.8. The molecule has 0 fully saturated rings. The molecule has 0 saturated heterocycles. The van der Waals surface area contributed by atoms with Crippen molar-refractivity contribution in [3.05, 3.63) is 23.8 Å². The van der Waals surface area contributed by atoms with Crippen molar-refractivity contribution >= 4 is 0 Å². The molecule has 0 aliphatic heterocycles. The molecule has 0 radical (unpaired) electrons. The molecule has 5 nitrogen and oxygen atoms in total. The summed E-state index contributed by atoms with van der Waals surface area (Å²) < 4.78 is 11.0. The van der Waals surface area contributed by atoms with Crippen molar-refractivity contribution in [3.63, 3.8) is 0 Å². The van der Waals surface area contributed by atoms with Gasteiger partial charge in [-0.1, -0.05) is 12.1 Å². The van der Waals surface area contributed by atoms with Crippen molar-refractivity contribution in [2.75, 3.05) is 26.9 Å². The van der Waals surface area contributed by atoms with Gasteiger partial charge in [-0.25, -0.2) is 0 Å². The number of ether oxygens (including phenoxy) is 2. The molecular weight excluding hydrogens is 234 g/mol. The number of nitrogens with one attached hydrogen (secondary N) is 1. The van der Waals surface area contributed by atoms with Gasteiger partial charge >= 0.3 is 0 Å². The first-order valence-electron chi connectivity index (χ1n) is 6.03. The SMILES string of the molecule is CCOc1cccc(CNC)c1OCC(O)CO. The first-order chi connectivity index (χ1) is 8.72. The molecule has 18 heavy (non-hydrogen) atoms. The van der Waals surface area contributed by atoms with Crippen molar-refractivity contribution in [1.29, 1.82) is 0 Å². The number of aliphatic hydroxyl groups is 2. The number of rotatable bonds is 8. The van der Waals surface area contributed by atoms with E-state index >= 15 is 0 Å². The fourth-order valence-electron chi connectivity index (χ4n) is 1.56. The zero-order valence-corrected chi connectivity index (χ0v) is 10.8. The monoisotopic (exact) mass is 255 g/mol. The van der Waals surface area contributed by atoms with Crippen molar-refractivity contribution in [1.82, 2.24) is 5.32 Å². The summed E-state index contributed by atoms with van der Waals surface area (Å²) in [5.41, 5.74) is 0.952. The Labute approximate surface area is 107 Å². The van der Waals surface area contributed by atoms with E-state index in [1.54, 1.807) is 0 Å². The zero-order chi connectivity index (χ0) is 13.4. The largest absolute Gasteiger partial charge is 0.490 e. The Hall–Kier alpha value is -1.30. The predicted molar refractivity (Wildman–Crippen MR) is 69.0 cm³/mol. The molecule has 0 saturated carbocycles. The van der Waals surface area contributed by atoms with Crippen LogP contribution in [0.2, 0.25) is 0 Å². The molecule has 0 aliphatic rings. The Balaban J connectivity index is 2.87. The van der Waals surface area contributed by atoms with Crippen LogP contribution < -0.4 is 14.8 Å². The normalized spacial score (nSPS) is 12.2. The molecule has 5 heteroatoms. The summed E-state index contributed by atoms with van der Waals surface area (Å²) in [5, 5.41) is 21.2. The third-order valence-corrected chi connectivity index (χ3v) is 2.36. The van der Waals surface area contributed by atoms with E-state index in [9.17, 15) is 5.11 Å². The molecule has 1 aromatic carbocycles. The van der Waals surface area contributed by atoms with E-state index in [-0.39, 0.29) is 13.2 Å². The lowest BCUT2D eigenvalue weighted by atomic mass is 10.2. The maximum Gasteiger partial charge on any atom is 0.165 e. The van der Waals surface area contributed by atoms with Gasteiger partial charge in [-0.2, -0.15) is 0 Å². The van der Waals surface area contributed by atoms with Crippen LogP contribution in [-0.2, 0) is 6.54 Å². The van der Waals surface area contributed by atoms with Crippen LogP contribution in [0, 0.1) is 0 Å². The molecule has 102 valence electrons. The molecule has 0 aliphatic carbocycles. The lowest BCUT2D eigenvalue weighted by Gasteiger charge is -2.17. The van der Waals surface area contributed by atoms with Gasteiger partial charge in [0.15, 0.2) is 11.5 Å². The first kappa shape index (κ1) is 14.8. The minimum Gasteiger partial charge on any atom is -0.490 e. The Morgan fingerprint density at radius 3 is 2.72 bits per heavy atom. The minimum atomic E-state index is -0.887. The van der Waals surface area contributed by atoms with Gasteiger partial charge in [-0.05, 0) is 20.0 Å². The molecule has 0 heterocycles. The summed E-state index contributed by atoms with van der Waals surface area (Å²) in [6, 6.07) is 5.65. The average molecular weight is 255 g/mol. The van der Waals surface area contributed by atoms with E-state index in [0.29, 0.717) is 24.7 Å². The van der Waals surface area contributed by atoms with Crippen molar-refractivity contribution in [2.45, 2.75) is 19.6 Å². The van der Waals surface area contributed by atoms with E-state index in [1.807, 2.05) is 32.2 Å². The van der Waals surface area contributed by atoms with Crippen LogP contribution in [0.1, 0.15) is 12.5 Å². The number of aliphatic hydroxyl groups excluding tert-OH is 2. The van der Waals surface area contributed by atoms with Crippen molar-refractivity contribution in [2.24, 2.45) is 0 Å². The molecule has 1 atom stereocenters. The van der Waals surface area contributed by atoms with Gasteiger partial charge in [0.2, 0.25) is 0 Å². The van der Waals surface area contributed by atoms with E-state index in [2.05, 4.69) is 5.32 Å². The first-order valence-corrected chi connectivity index (χ1v) is 6.03. The average Bonchev–Trinajstić information content (AvgIpc) is 2.38. The molecule has 0 amide bonds. The maximum absolute atomic E-state index is 9.33. The second kappa shape index (κ2) is 7.92. The molecule has 0 bridgehead atoms. The highest BCUT2D eigenvalue weighted by atomic mass is 16.5. The summed E-state index contributed by atoms with van der Waals surface area (Å²) in [4.78, 5) is 0. The molecule has 3 N–H and O–H groups in total. The predicted octanol–water partition coefficient (Wildman–Crippen LogP) is 0.537. The molecular formula is C13H21NO4. The lowest BCUT2D eigenvalue weighted by Crippen LogP contribution is -2.22. The highest BCUT2D eigenvalue weighted by molar-refractivity contribution is 5.46. The Kier molecular flexibility index (Phi) is 6.49. The smallest absolute Gasteiger partial charge is 0.165 e. The van der Waals surface area contributed by atoms with Gasteiger partial charge < -0.3 is 25.0 Å². The number of hydrogen-bond acceptors (Lipinski definition) is 5. The molecule has 0 spiro atoms. The summed E-state index contributed by atoms with van der Waals surface area (Å²) >= 11 is 0. The minimum absolute atomic E-state index is 0.0390. The molecule has 1 unspecified atom stereocenters. The number of para-hydroxylation sites is 1. The Bertz CT molecular complexity index is 333. The van der Waals surface area contributed by atoms with E-state index in [4.69, 9.17) is 14.6 Å². The standard InChI is InChI=1S/C13H21NO4/c1-3-17-12-6-4-5-10(7-14-2)13(12)18-9-11(16)8-15/h4-6,11,14-16H,3,7-9H2,1-2H3. The number of hydrogen-bond donors (Lipinski definition) is 3. The van der Waals surface area contributed by atoms with E-state index < -0.39 is 6.10 Å². The van der Waals surface area contributed by atoms with Crippen LogP contribution >= 0.6 is 0 Å². The topological polar surface area (TPSA) is 71.0 Å². The summed E-state index contributed by atoms with van der Waals surface area (Å²) in [5.74, 6) is 1.26. The van der Waals surface area contributed by atoms with E-state index in [1.165, 1.54) is 0 Å². The quantitative estimate of drug-likeness (QED) is 0.632. The number of benzene rings is 1. The molecule has 1 aromatic rings. The Morgan fingerprint density at radius 2 is 2.11 bits per heavy atom. The highest BCUT2D eigenvalue weighted by Gasteiger charge is 2.12. The molecule has 1 rings (SSSR count). The molecule has 0 aromatic heterocycles. The van der Waals surface area contributed by atoms with Gasteiger partial charge in [-0.3, -0.25) is 0 Å². The highest BCUT2D eigenvalue weighted by Crippen LogP contribution is 2.31. The summed E-state index contributed by atoms with van der Waals surface area (Å²) in [6.45, 7) is 2.81. The van der Waals surface area contributed by atoms with Gasteiger partial charge in [0, 0.05) is 12.1 Å². The van der Waals surface area contributed by atoms with Crippen LogP contribution in [0.3, 0.4) is 0 Å². The van der Waals surface area contributed by atoms with Crippen molar-refractivity contribution in [3.8, 4) is 11.5 Å². The van der Waals surface area contributed by atoms with Crippen LogP contribution in [0.25, 0.3) is 0 Å². The van der Waals surface area contributed by atoms with Crippen LogP contribution in [0.4, 0.5) is 0 Å². The van der Waals surface area contributed by atoms with Gasteiger partial charge in [0.05, 0.1) is 13.2 Å². The fourth-order valence-corrected chi connectivity index (χ4v) is 1.56. The van der Waals surface area contributed by atoms with Crippen LogP contribution in [0.15, 0.2) is 18.2 Å². The Morgan fingerprint density at radius 1 is 1.33 bits per heavy atom. The van der Waals surface area contributed by atoms with Crippen LogP contribution in [-0.4, -0.2) is 43.2 Å². The fraction of sp³-hybridized carbons (Fsp3) is 0.538. The summed E-state index contributed by atoms with van der Waals surface area (Å²) in [6.07, 6.45) is -0.887. The third-order valence-electron chi connectivity index (χ3n) is 2.36. The van der Waals surface area contributed by atoms with Gasteiger partial charge in [0.25, 0.3) is 0 Å².